The molecule has 2 bridgehead atoms. The van der Waals surface area contributed by atoms with E-state index in [9.17, 15) is 9.59 Å². The Morgan fingerprint density at radius 3 is 2.41 bits per heavy atom. The van der Waals surface area contributed by atoms with Gasteiger partial charge >= 0.3 is 0 Å². The number of nitrogens with zero attached hydrogens (tertiary/aromatic N) is 3. The first-order valence-electron chi connectivity index (χ1n) is 9.18. The molecule has 3 aliphatic rings. The van der Waals surface area contributed by atoms with Crippen molar-refractivity contribution in [2.45, 2.75) is 13.0 Å². The lowest BCUT2D eigenvalue weighted by molar-refractivity contribution is -0.140. The van der Waals surface area contributed by atoms with E-state index in [1.165, 1.54) is 4.90 Å². The van der Waals surface area contributed by atoms with Crippen molar-refractivity contribution < 1.29 is 9.59 Å². The number of hydrogen-bond donors (Lipinski definition) is 2. The van der Waals surface area contributed by atoms with Crippen molar-refractivity contribution in [2.75, 3.05) is 20.1 Å². The number of imide groups is 1. The van der Waals surface area contributed by atoms with E-state index in [0.29, 0.717) is 25.6 Å². The molecule has 2 N–H and O–H groups in total. The predicted molar refractivity (Wildman–Crippen MR) is 113 cm³/mol. The number of rotatable bonds is 5. The van der Waals surface area contributed by atoms with Gasteiger partial charge in [-0.3, -0.25) is 19.5 Å². The van der Waals surface area contributed by atoms with E-state index in [-0.39, 0.29) is 59.5 Å². The molecule has 7 nitrogen and oxygen atoms in total. The first kappa shape index (κ1) is 19.9. The third-order valence-electron chi connectivity index (χ3n) is 5.90. The highest BCUT2D eigenvalue weighted by Crippen LogP contribution is 2.52. The Labute approximate surface area is 176 Å². The Balaban J connectivity index is 0.00000210. The summed E-state index contributed by atoms with van der Waals surface area (Å²) >= 11 is 0. The molecule has 4 atom stereocenters. The molecule has 8 heteroatoms. The number of carbonyl (C=O) groups is 2. The molecular formula is C19H26IN5O2. The maximum Gasteiger partial charge on any atom is 0.233 e. The van der Waals surface area contributed by atoms with Crippen molar-refractivity contribution in [3.63, 3.8) is 0 Å². The van der Waals surface area contributed by atoms with Gasteiger partial charge < -0.3 is 15.2 Å². The first-order chi connectivity index (χ1) is 12.6. The van der Waals surface area contributed by atoms with Gasteiger partial charge in [-0.1, -0.05) is 12.2 Å². The van der Waals surface area contributed by atoms with E-state index in [4.69, 9.17) is 0 Å². The highest BCUT2D eigenvalue weighted by Gasteiger charge is 2.58. The summed E-state index contributed by atoms with van der Waals surface area (Å²) in [5.41, 5.74) is 1.15. The van der Waals surface area contributed by atoms with Gasteiger partial charge in [-0.05, 0) is 30.4 Å². The minimum atomic E-state index is -0.118. The fourth-order valence-electron chi connectivity index (χ4n) is 4.55. The van der Waals surface area contributed by atoms with E-state index in [2.05, 4.69) is 27.8 Å². The number of amides is 2. The number of likely N-dealkylation sites (tertiary alicyclic amines) is 1. The summed E-state index contributed by atoms with van der Waals surface area (Å²) in [7, 11) is 3.71. The summed E-state index contributed by atoms with van der Waals surface area (Å²) in [4.78, 5) is 30.9. The van der Waals surface area contributed by atoms with Crippen LogP contribution in [0.25, 0.3) is 0 Å². The topological polar surface area (TPSA) is 78.7 Å². The molecule has 4 unspecified atom stereocenters. The Hall–Kier alpha value is -1.84. The molecule has 27 heavy (non-hydrogen) atoms. The van der Waals surface area contributed by atoms with Gasteiger partial charge in [0.1, 0.15) is 0 Å². The van der Waals surface area contributed by atoms with Gasteiger partial charge in [0.15, 0.2) is 5.96 Å². The van der Waals surface area contributed by atoms with Crippen LogP contribution >= 0.6 is 24.0 Å². The van der Waals surface area contributed by atoms with E-state index < -0.39 is 0 Å². The minimum absolute atomic E-state index is 0. The number of hydrogen-bond acceptors (Lipinski definition) is 3. The van der Waals surface area contributed by atoms with Gasteiger partial charge in [0.2, 0.25) is 11.8 Å². The van der Waals surface area contributed by atoms with Crippen molar-refractivity contribution in [1.29, 1.82) is 0 Å². The molecule has 1 aliphatic heterocycles. The van der Waals surface area contributed by atoms with E-state index in [1.54, 1.807) is 7.05 Å². The summed E-state index contributed by atoms with van der Waals surface area (Å²) in [6.45, 7) is 1.53. The molecular weight excluding hydrogens is 457 g/mol. The molecule has 0 aromatic carbocycles. The number of allylic oxidation sites excluding steroid dienone is 2. The van der Waals surface area contributed by atoms with Crippen LogP contribution in [0.3, 0.4) is 0 Å². The number of guanidine groups is 1. The van der Waals surface area contributed by atoms with Crippen LogP contribution in [-0.4, -0.2) is 47.4 Å². The number of fused-ring (bicyclic) bond motifs is 5. The van der Waals surface area contributed by atoms with Gasteiger partial charge in [-0.15, -0.1) is 24.0 Å². The molecule has 1 saturated carbocycles. The van der Waals surface area contributed by atoms with Crippen molar-refractivity contribution in [2.24, 2.45) is 35.7 Å². The second-order valence-corrected chi connectivity index (χ2v) is 7.29. The summed E-state index contributed by atoms with van der Waals surface area (Å²) in [5, 5.41) is 6.44. The number of aryl methyl sites for hydroxylation is 1. The number of aliphatic imine (C=N–C) groups is 1. The van der Waals surface area contributed by atoms with Gasteiger partial charge in [0, 0.05) is 39.1 Å². The number of aromatic nitrogens is 1. The lowest BCUT2D eigenvalue weighted by Crippen LogP contribution is -2.43. The predicted octanol–water partition coefficient (Wildman–Crippen LogP) is 1.12. The van der Waals surface area contributed by atoms with Crippen LogP contribution in [0.5, 0.6) is 0 Å². The third kappa shape index (κ3) is 3.51. The van der Waals surface area contributed by atoms with Gasteiger partial charge in [-0.2, -0.15) is 0 Å². The summed E-state index contributed by atoms with van der Waals surface area (Å²) in [6.07, 6.45) is 7.20. The molecule has 2 fully saturated rings. The van der Waals surface area contributed by atoms with Crippen molar-refractivity contribution in [3.8, 4) is 0 Å². The standard InChI is InChI=1S/C19H25N5O2.HI/c1-20-19(22-11-14-4-3-8-23(14)2)21-7-9-24-17(25)15-12-5-6-13(10-12)16(15)18(24)26;/h3-6,8,12-13,15-16H,7,9-11H2,1-2H3,(H2,20,21,22);1H. The van der Waals surface area contributed by atoms with Crippen molar-refractivity contribution in [3.05, 3.63) is 36.2 Å². The Kier molecular flexibility index (Phi) is 5.92. The van der Waals surface area contributed by atoms with Crippen LogP contribution in [-0.2, 0) is 23.2 Å². The number of carbonyl (C=O) groups excluding carboxylic acids is 2. The minimum Gasteiger partial charge on any atom is -0.355 e. The number of halogens is 1. The van der Waals surface area contributed by atoms with E-state index in [0.717, 1.165) is 12.1 Å². The monoisotopic (exact) mass is 483 g/mol. The van der Waals surface area contributed by atoms with Crippen molar-refractivity contribution >= 4 is 41.8 Å². The van der Waals surface area contributed by atoms with E-state index in [1.807, 2.05) is 29.9 Å². The maximum absolute atomic E-state index is 12.6. The lowest BCUT2D eigenvalue weighted by atomic mass is 9.85. The molecule has 0 radical (unpaired) electrons. The highest BCUT2D eigenvalue weighted by atomic mass is 127. The third-order valence-corrected chi connectivity index (χ3v) is 5.90. The maximum atomic E-state index is 12.6. The average Bonchev–Trinajstić information content (AvgIpc) is 3.39. The smallest absolute Gasteiger partial charge is 0.233 e. The van der Waals surface area contributed by atoms with Crippen LogP contribution in [0.1, 0.15) is 12.1 Å². The molecule has 2 heterocycles. The highest BCUT2D eigenvalue weighted by molar-refractivity contribution is 14.0. The molecule has 1 aromatic heterocycles. The molecule has 2 aliphatic carbocycles. The Bertz CT molecular complexity index is 757. The van der Waals surface area contributed by atoms with Crippen LogP contribution in [0.2, 0.25) is 0 Å². The lowest BCUT2D eigenvalue weighted by Gasteiger charge is -2.18. The first-order valence-corrected chi connectivity index (χ1v) is 9.18. The molecule has 0 spiro atoms. The second-order valence-electron chi connectivity index (χ2n) is 7.29. The second kappa shape index (κ2) is 8.04. The quantitative estimate of drug-likeness (QED) is 0.216. The van der Waals surface area contributed by atoms with Crippen LogP contribution in [0, 0.1) is 23.7 Å². The van der Waals surface area contributed by atoms with Crippen LogP contribution in [0.15, 0.2) is 35.5 Å². The van der Waals surface area contributed by atoms with Gasteiger partial charge in [0.25, 0.3) is 0 Å². The fraction of sp³-hybridized carbons (Fsp3) is 0.526. The van der Waals surface area contributed by atoms with Crippen LogP contribution < -0.4 is 10.6 Å². The fourth-order valence-corrected chi connectivity index (χ4v) is 4.55. The zero-order chi connectivity index (χ0) is 18.3. The normalized spacial score (nSPS) is 28.5. The molecule has 4 rings (SSSR count). The van der Waals surface area contributed by atoms with Gasteiger partial charge in [0.05, 0.1) is 18.4 Å². The van der Waals surface area contributed by atoms with E-state index >= 15 is 0 Å². The SMILES string of the molecule is CN=C(NCCN1C(=O)C2C3C=CC(C3)C2C1=O)NCc1cccn1C.I. The summed E-state index contributed by atoms with van der Waals surface area (Å²) in [5.74, 6) is 0.959. The zero-order valence-electron chi connectivity index (χ0n) is 15.6. The average molecular weight is 483 g/mol. The summed E-state index contributed by atoms with van der Waals surface area (Å²) < 4.78 is 2.04. The molecule has 2 amide bonds. The zero-order valence-corrected chi connectivity index (χ0v) is 17.9. The largest absolute Gasteiger partial charge is 0.355 e. The number of nitrogens with one attached hydrogen (secondary N) is 2. The Morgan fingerprint density at radius 2 is 1.85 bits per heavy atom. The van der Waals surface area contributed by atoms with Gasteiger partial charge in [-0.25, -0.2) is 0 Å². The molecule has 1 aromatic rings. The Morgan fingerprint density at radius 1 is 1.19 bits per heavy atom. The summed E-state index contributed by atoms with van der Waals surface area (Å²) in [6, 6.07) is 4.04. The van der Waals surface area contributed by atoms with Crippen molar-refractivity contribution in [1.82, 2.24) is 20.1 Å². The molecule has 1 saturated heterocycles. The van der Waals surface area contributed by atoms with Crippen LogP contribution in [0.4, 0.5) is 0 Å². The molecule has 146 valence electrons.